The van der Waals surface area contributed by atoms with Gasteiger partial charge in [-0.05, 0) is 6.54 Å². The predicted molar refractivity (Wildman–Crippen MR) is 54.7 cm³/mol. The number of quaternary nitrogens is 1. The third-order valence-electron chi connectivity index (χ3n) is 2.56. The van der Waals surface area contributed by atoms with E-state index in [2.05, 4.69) is 0 Å². The van der Waals surface area contributed by atoms with Gasteiger partial charge in [0.1, 0.15) is 19.6 Å². The molecule has 0 aromatic carbocycles. The summed E-state index contributed by atoms with van der Waals surface area (Å²) in [5.41, 5.74) is 5.43. The molecule has 0 rings (SSSR count). The molecule has 0 aromatic heterocycles. The Morgan fingerprint density at radius 3 is 1.50 bits per heavy atom. The van der Waals surface area contributed by atoms with Crippen molar-refractivity contribution in [1.29, 1.82) is 0 Å². The minimum atomic E-state index is 0.0740. The number of nitrogens with two attached hydrogens (primary N) is 1. The highest BCUT2D eigenvalue weighted by Gasteiger charge is 2.24. The van der Waals surface area contributed by atoms with Crippen molar-refractivity contribution in [3.63, 3.8) is 0 Å². The first-order chi connectivity index (χ1) is 6.74. The average molecular weight is 207 g/mol. The van der Waals surface area contributed by atoms with Gasteiger partial charge in [0, 0.05) is 6.42 Å². The van der Waals surface area contributed by atoms with Gasteiger partial charge in [-0.15, -0.1) is 0 Å². The molecule has 14 heavy (non-hydrogen) atoms. The van der Waals surface area contributed by atoms with Crippen LogP contribution in [0.15, 0.2) is 0 Å². The van der Waals surface area contributed by atoms with Crippen molar-refractivity contribution >= 4 is 0 Å². The van der Waals surface area contributed by atoms with Gasteiger partial charge < -0.3 is 25.5 Å². The second-order valence-electron chi connectivity index (χ2n) is 3.55. The number of aliphatic hydroxyl groups excluding tert-OH is 3. The van der Waals surface area contributed by atoms with Gasteiger partial charge >= 0.3 is 0 Å². The van der Waals surface area contributed by atoms with Crippen LogP contribution in [0.25, 0.3) is 0 Å². The molecule has 5 heteroatoms. The number of aliphatic hydroxyl groups is 3. The molecule has 0 bridgehead atoms. The standard InChI is InChI=1S/C9H23N2O3/c10-2-1-3-11(4-7-12,5-8-13)6-9-14/h12-14H,1-10H2/q+1. The lowest BCUT2D eigenvalue weighted by molar-refractivity contribution is -0.929. The third-order valence-corrected chi connectivity index (χ3v) is 2.56. The fourth-order valence-electron chi connectivity index (χ4n) is 1.73. The first kappa shape index (κ1) is 13.8. The Kier molecular flexibility index (Phi) is 8.02. The number of hydrogen-bond donors (Lipinski definition) is 4. The van der Waals surface area contributed by atoms with Crippen molar-refractivity contribution in [3.05, 3.63) is 0 Å². The SMILES string of the molecule is NCCC[N+](CCO)(CCO)CCO. The number of hydrogen-bond acceptors (Lipinski definition) is 4. The molecule has 0 unspecified atom stereocenters. The van der Waals surface area contributed by atoms with Crippen LogP contribution in [-0.4, -0.2) is 72.3 Å². The van der Waals surface area contributed by atoms with Crippen LogP contribution >= 0.6 is 0 Å². The molecule has 0 aliphatic carbocycles. The molecule has 0 heterocycles. The topological polar surface area (TPSA) is 86.7 Å². The Morgan fingerprint density at radius 2 is 1.21 bits per heavy atom. The Bertz CT molecular complexity index is 116. The average Bonchev–Trinajstić information content (AvgIpc) is 2.16. The third kappa shape index (κ3) is 4.88. The lowest BCUT2D eigenvalue weighted by Crippen LogP contribution is -2.54. The zero-order valence-electron chi connectivity index (χ0n) is 8.73. The minimum absolute atomic E-state index is 0.0740. The van der Waals surface area contributed by atoms with Crippen LogP contribution < -0.4 is 5.73 Å². The van der Waals surface area contributed by atoms with Gasteiger partial charge in [0.05, 0.1) is 26.4 Å². The van der Waals surface area contributed by atoms with Gasteiger partial charge in [-0.3, -0.25) is 0 Å². The fraction of sp³-hybridized carbons (Fsp3) is 1.00. The van der Waals surface area contributed by atoms with Crippen LogP contribution in [0.3, 0.4) is 0 Å². The van der Waals surface area contributed by atoms with E-state index in [9.17, 15) is 0 Å². The van der Waals surface area contributed by atoms with Crippen LogP contribution in [0, 0.1) is 0 Å². The Labute approximate surface area is 85.4 Å². The maximum atomic E-state index is 8.94. The van der Waals surface area contributed by atoms with Gasteiger partial charge in [-0.1, -0.05) is 0 Å². The van der Waals surface area contributed by atoms with Crippen LogP contribution in [0.1, 0.15) is 6.42 Å². The summed E-state index contributed by atoms with van der Waals surface area (Å²) in [6.45, 7) is 3.34. The maximum absolute atomic E-state index is 8.94. The normalized spacial score (nSPS) is 12.0. The second kappa shape index (κ2) is 8.14. The Hall–Kier alpha value is -0.200. The van der Waals surface area contributed by atoms with E-state index in [-0.39, 0.29) is 19.8 Å². The van der Waals surface area contributed by atoms with Crippen molar-refractivity contribution in [3.8, 4) is 0 Å². The van der Waals surface area contributed by atoms with Gasteiger partial charge in [0.25, 0.3) is 0 Å². The lowest BCUT2D eigenvalue weighted by Gasteiger charge is -2.37. The van der Waals surface area contributed by atoms with E-state index >= 15 is 0 Å². The summed E-state index contributed by atoms with van der Waals surface area (Å²) in [4.78, 5) is 0. The van der Waals surface area contributed by atoms with Crippen molar-refractivity contribution in [2.24, 2.45) is 5.73 Å². The summed E-state index contributed by atoms with van der Waals surface area (Å²) >= 11 is 0. The molecule has 0 atom stereocenters. The Balaban J connectivity index is 4.21. The number of rotatable bonds is 9. The molecule has 0 radical (unpaired) electrons. The number of nitrogens with zero attached hydrogens (tertiary/aromatic N) is 1. The molecular weight excluding hydrogens is 184 g/mol. The van der Waals surface area contributed by atoms with Crippen LogP contribution in [0.5, 0.6) is 0 Å². The van der Waals surface area contributed by atoms with Crippen molar-refractivity contribution in [1.82, 2.24) is 0 Å². The maximum Gasteiger partial charge on any atom is 0.102 e. The van der Waals surface area contributed by atoms with Crippen molar-refractivity contribution in [2.75, 3.05) is 52.5 Å². The smallest absolute Gasteiger partial charge is 0.102 e. The first-order valence-electron chi connectivity index (χ1n) is 5.12. The monoisotopic (exact) mass is 207 g/mol. The van der Waals surface area contributed by atoms with Gasteiger partial charge in [0.2, 0.25) is 0 Å². The molecule has 0 aliphatic heterocycles. The van der Waals surface area contributed by atoms with E-state index in [1.165, 1.54) is 0 Å². The van der Waals surface area contributed by atoms with E-state index in [1.54, 1.807) is 0 Å². The quantitative estimate of drug-likeness (QED) is 0.334. The van der Waals surface area contributed by atoms with Gasteiger partial charge in [-0.25, -0.2) is 0 Å². The summed E-state index contributed by atoms with van der Waals surface area (Å²) in [5.74, 6) is 0. The molecule has 0 spiro atoms. The van der Waals surface area contributed by atoms with E-state index in [0.29, 0.717) is 30.7 Å². The summed E-state index contributed by atoms with van der Waals surface area (Å²) in [6, 6.07) is 0. The molecule has 0 aromatic rings. The highest BCUT2D eigenvalue weighted by Crippen LogP contribution is 2.06. The summed E-state index contributed by atoms with van der Waals surface area (Å²) in [7, 11) is 0. The minimum Gasteiger partial charge on any atom is -0.391 e. The fourth-order valence-corrected chi connectivity index (χ4v) is 1.73. The molecule has 0 fully saturated rings. The molecule has 0 saturated carbocycles. The Morgan fingerprint density at radius 1 is 0.786 bits per heavy atom. The lowest BCUT2D eigenvalue weighted by atomic mass is 10.2. The van der Waals surface area contributed by atoms with Crippen LogP contribution in [0.4, 0.5) is 0 Å². The highest BCUT2D eigenvalue weighted by atomic mass is 16.3. The molecule has 0 amide bonds. The zero-order valence-corrected chi connectivity index (χ0v) is 8.73. The molecule has 86 valence electrons. The van der Waals surface area contributed by atoms with Gasteiger partial charge in [-0.2, -0.15) is 0 Å². The van der Waals surface area contributed by atoms with E-state index in [0.717, 1.165) is 13.0 Å². The predicted octanol–water partition coefficient (Wildman–Crippen LogP) is -1.87. The van der Waals surface area contributed by atoms with Gasteiger partial charge in [0.15, 0.2) is 0 Å². The molecule has 0 saturated heterocycles. The largest absolute Gasteiger partial charge is 0.391 e. The van der Waals surface area contributed by atoms with Crippen LogP contribution in [-0.2, 0) is 0 Å². The molecule has 5 N–H and O–H groups in total. The van der Waals surface area contributed by atoms with E-state index < -0.39 is 0 Å². The second-order valence-corrected chi connectivity index (χ2v) is 3.55. The van der Waals surface area contributed by atoms with E-state index in [1.807, 2.05) is 0 Å². The van der Waals surface area contributed by atoms with Crippen LogP contribution in [0.2, 0.25) is 0 Å². The van der Waals surface area contributed by atoms with E-state index in [4.69, 9.17) is 21.1 Å². The molecule has 0 aliphatic rings. The molecule has 5 nitrogen and oxygen atoms in total. The first-order valence-corrected chi connectivity index (χ1v) is 5.12. The summed E-state index contributed by atoms with van der Waals surface area (Å²) in [5, 5.41) is 26.8. The summed E-state index contributed by atoms with van der Waals surface area (Å²) in [6.07, 6.45) is 0.847. The van der Waals surface area contributed by atoms with Crippen molar-refractivity contribution in [2.45, 2.75) is 6.42 Å². The molecular formula is C9H23N2O3+. The zero-order chi connectivity index (χ0) is 10.9. The highest BCUT2D eigenvalue weighted by molar-refractivity contribution is 4.46. The van der Waals surface area contributed by atoms with Crippen molar-refractivity contribution < 1.29 is 19.8 Å². The summed E-state index contributed by atoms with van der Waals surface area (Å²) < 4.78 is 0.556.